The number of nitrogens with zero attached hydrogens (tertiary/aromatic N) is 1. The van der Waals surface area contributed by atoms with E-state index >= 15 is 0 Å². The van der Waals surface area contributed by atoms with Crippen LogP contribution in [-0.4, -0.2) is 37.2 Å². The van der Waals surface area contributed by atoms with Gasteiger partial charge in [0, 0.05) is 13.1 Å². The van der Waals surface area contributed by atoms with Gasteiger partial charge in [0.05, 0.1) is 6.54 Å². The zero-order valence-corrected chi connectivity index (χ0v) is 14.2. The highest BCUT2D eigenvalue weighted by atomic mass is 16.5. The Kier molecular flexibility index (Phi) is 5.69. The zero-order chi connectivity index (χ0) is 16.1. The van der Waals surface area contributed by atoms with Crippen LogP contribution in [0.25, 0.3) is 0 Å². The lowest BCUT2D eigenvalue weighted by Crippen LogP contribution is -2.45. The van der Waals surface area contributed by atoms with Crippen LogP contribution < -0.4 is 10.1 Å². The van der Waals surface area contributed by atoms with Crippen LogP contribution in [0.4, 0.5) is 4.79 Å². The highest BCUT2D eigenvalue weighted by Gasteiger charge is 2.20. The molecule has 1 aromatic carbocycles. The van der Waals surface area contributed by atoms with Crippen LogP contribution >= 0.6 is 0 Å². The lowest BCUT2D eigenvalue weighted by atomic mass is 10.0. The number of rotatable bonds is 4. The van der Waals surface area contributed by atoms with Gasteiger partial charge in [-0.05, 0) is 62.3 Å². The smallest absolute Gasteiger partial charge is 0.317 e. The SMILES string of the molecule is Cc1cc(C)c(OCCNC(=O)N2CCCC(C)C2)cc1C. The molecule has 0 radical (unpaired) electrons. The van der Waals surface area contributed by atoms with E-state index in [1.165, 1.54) is 17.5 Å². The lowest BCUT2D eigenvalue weighted by Gasteiger charge is -2.30. The van der Waals surface area contributed by atoms with Crippen molar-refractivity contribution < 1.29 is 9.53 Å². The average Bonchev–Trinajstić information content (AvgIpc) is 2.48. The third kappa shape index (κ3) is 4.39. The molecule has 2 rings (SSSR count). The van der Waals surface area contributed by atoms with E-state index < -0.39 is 0 Å². The minimum Gasteiger partial charge on any atom is -0.491 e. The molecule has 1 N–H and O–H groups in total. The summed E-state index contributed by atoms with van der Waals surface area (Å²) < 4.78 is 5.80. The summed E-state index contributed by atoms with van der Waals surface area (Å²) in [7, 11) is 0. The van der Waals surface area contributed by atoms with Crippen LogP contribution in [0.15, 0.2) is 12.1 Å². The van der Waals surface area contributed by atoms with Gasteiger partial charge >= 0.3 is 6.03 Å². The Morgan fingerprint density at radius 2 is 2.00 bits per heavy atom. The first-order valence-corrected chi connectivity index (χ1v) is 8.21. The van der Waals surface area contributed by atoms with Gasteiger partial charge < -0.3 is 15.0 Å². The van der Waals surface area contributed by atoms with E-state index in [0.717, 1.165) is 30.8 Å². The van der Waals surface area contributed by atoms with Gasteiger partial charge in [-0.3, -0.25) is 0 Å². The summed E-state index contributed by atoms with van der Waals surface area (Å²) in [6.45, 7) is 11.2. The second kappa shape index (κ2) is 7.52. The molecule has 0 saturated carbocycles. The van der Waals surface area contributed by atoms with E-state index in [4.69, 9.17) is 4.74 Å². The monoisotopic (exact) mass is 304 g/mol. The standard InChI is InChI=1S/C18H28N2O2/c1-13-6-5-8-20(12-13)18(21)19-7-9-22-17-11-15(3)14(2)10-16(17)4/h10-11,13H,5-9,12H2,1-4H3,(H,19,21). The zero-order valence-electron chi connectivity index (χ0n) is 14.2. The van der Waals surface area contributed by atoms with Crippen molar-refractivity contribution in [3.05, 3.63) is 28.8 Å². The van der Waals surface area contributed by atoms with Crippen molar-refractivity contribution in [1.82, 2.24) is 10.2 Å². The minimum absolute atomic E-state index is 0.0342. The Morgan fingerprint density at radius 3 is 2.73 bits per heavy atom. The topological polar surface area (TPSA) is 41.6 Å². The molecule has 122 valence electrons. The molecular weight excluding hydrogens is 276 g/mol. The van der Waals surface area contributed by atoms with Gasteiger partial charge in [-0.15, -0.1) is 0 Å². The number of amides is 2. The van der Waals surface area contributed by atoms with Gasteiger partial charge in [0.25, 0.3) is 0 Å². The molecule has 4 heteroatoms. The molecular formula is C18H28N2O2. The predicted molar refractivity (Wildman–Crippen MR) is 89.5 cm³/mol. The van der Waals surface area contributed by atoms with Crippen LogP contribution in [0.1, 0.15) is 36.5 Å². The number of carbonyl (C=O) groups excluding carboxylic acids is 1. The van der Waals surface area contributed by atoms with Gasteiger partial charge in [-0.25, -0.2) is 4.79 Å². The number of likely N-dealkylation sites (tertiary alicyclic amines) is 1. The van der Waals surface area contributed by atoms with E-state index in [2.05, 4.69) is 45.1 Å². The number of carbonyl (C=O) groups is 1. The van der Waals surface area contributed by atoms with E-state index in [-0.39, 0.29) is 6.03 Å². The first-order chi connectivity index (χ1) is 10.5. The van der Waals surface area contributed by atoms with Crippen molar-refractivity contribution in [2.75, 3.05) is 26.2 Å². The van der Waals surface area contributed by atoms with Gasteiger partial charge in [0.2, 0.25) is 0 Å². The second-order valence-corrected chi connectivity index (χ2v) is 6.48. The number of hydrogen-bond acceptors (Lipinski definition) is 2. The van der Waals surface area contributed by atoms with Crippen LogP contribution in [0.2, 0.25) is 0 Å². The van der Waals surface area contributed by atoms with Crippen LogP contribution in [-0.2, 0) is 0 Å². The number of piperidine rings is 1. The van der Waals surface area contributed by atoms with Crippen molar-refractivity contribution in [3.63, 3.8) is 0 Å². The number of urea groups is 1. The molecule has 2 amide bonds. The van der Waals surface area contributed by atoms with Crippen molar-refractivity contribution in [3.8, 4) is 5.75 Å². The maximum atomic E-state index is 12.1. The summed E-state index contributed by atoms with van der Waals surface area (Å²) in [4.78, 5) is 14.0. The molecule has 1 saturated heterocycles. The fourth-order valence-corrected chi connectivity index (χ4v) is 2.89. The van der Waals surface area contributed by atoms with Crippen molar-refractivity contribution in [1.29, 1.82) is 0 Å². The average molecular weight is 304 g/mol. The molecule has 4 nitrogen and oxygen atoms in total. The first kappa shape index (κ1) is 16.7. The van der Waals surface area contributed by atoms with Crippen LogP contribution in [0, 0.1) is 26.7 Å². The molecule has 1 heterocycles. The molecule has 1 atom stereocenters. The molecule has 22 heavy (non-hydrogen) atoms. The molecule has 0 aliphatic carbocycles. The van der Waals surface area contributed by atoms with Crippen molar-refractivity contribution in [2.24, 2.45) is 5.92 Å². The van der Waals surface area contributed by atoms with Crippen molar-refractivity contribution in [2.45, 2.75) is 40.5 Å². The molecule has 1 aliphatic rings. The van der Waals surface area contributed by atoms with Gasteiger partial charge in [0.1, 0.15) is 12.4 Å². The highest BCUT2D eigenvalue weighted by Crippen LogP contribution is 2.22. The van der Waals surface area contributed by atoms with Crippen LogP contribution in [0.5, 0.6) is 5.75 Å². The predicted octanol–water partition coefficient (Wildman–Crippen LogP) is 3.43. The maximum absolute atomic E-state index is 12.1. The Labute approximate surface area is 133 Å². The maximum Gasteiger partial charge on any atom is 0.317 e. The van der Waals surface area contributed by atoms with Gasteiger partial charge in [-0.2, -0.15) is 0 Å². The van der Waals surface area contributed by atoms with Crippen LogP contribution in [0.3, 0.4) is 0 Å². The van der Waals surface area contributed by atoms with E-state index in [1.54, 1.807) is 0 Å². The number of benzene rings is 1. The molecule has 0 spiro atoms. The fraction of sp³-hybridized carbons (Fsp3) is 0.611. The Hall–Kier alpha value is -1.71. The summed E-state index contributed by atoms with van der Waals surface area (Å²) >= 11 is 0. The molecule has 0 bridgehead atoms. The van der Waals surface area contributed by atoms with Crippen molar-refractivity contribution >= 4 is 6.03 Å². The third-order valence-corrected chi connectivity index (χ3v) is 4.37. The molecule has 1 aromatic rings. The number of ether oxygens (including phenoxy) is 1. The molecule has 0 aromatic heterocycles. The minimum atomic E-state index is 0.0342. The van der Waals surface area contributed by atoms with Gasteiger partial charge in [-0.1, -0.05) is 13.0 Å². The quantitative estimate of drug-likeness (QED) is 0.866. The van der Waals surface area contributed by atoms with E-state index in [1.807, 2.05) is 4.90 Å². The summed E-state index contributed by atoms with van der Waals surface area (Å²) in [6.07, 6.45) is 2.33. The Bertz CT molecular complexity index is 528. The fourth-order valence-electron chi connectivity index (χ4n) is 2.89. The second-order valence-electron chi connectivity index (χ2n) is 6.48. The summed E-state index contributed by atoms with van der Waals surface area (Å²) in [5.74, 6) is 1.51. The Morgan fingerprint density at radius 1 is 1.27 bits per heavy atom. The first-order valence-electron chi connectivity index (χ1n) is 8.21. The Balaban J connectivity index is 1.75. The number of aryl methyl sites for hydroxylation is 3. The molecule has 1 fully saturated rings. The lowest BCUT2D eigenvalue weighted by molar-refractivity contribution is 0.167. The molecule has 1 unspecified atom stereocenters. The number of hydrogen-bond donors (Lipinski definition) is 1. The summed E-state index contributed by atoms with van der Waals surface area (Å²) in [5, 5.41) is 2.95. The summed E-state index contributed by atoms with van der Waals surface area (Å²) in [5.41, 5.74) is 3.64. The third-order valence-electron chi connectivity index (χ3n) is 4.37. The normalized spacial score (nSPS) is 18.2. The van der Waals surface area contributed by atoms with Gasteiger partial charge in [0.15, 0.2) is 0 Å². The van der Waals surface area contributed by atoms with E-state index in [0.29, 0.717) is 19.1 Å². The largest absolute Gasteiger partial charge is 0.491 e. The highest BCUT2D eigenvalue weighted by molar-refractivity contribution is 5.74. The summed E-state index contributed by atoms with van der Waals surface area (Å²) in [6, 6.07) is 4.24. The number of nitrogens with one attached hydrogen (secondary N) is 1. The molecule has 1 aliphatic heterocycles. The van der Waals surface area contributed by atoms with E-state index in [9.17, 15) is 4.79 Å².